The van der Waals surface area contributed by atoms with Gasteiger partial charge in [0.2, 0.25) is 5.95 Å². The van der Waals surface area contributed by atoms with Crippen LogP contribution in [0.25, 0.3) is 11.0 Å². The Kier molecular flexibility index (Phi) is 2.86. The number of nitrogens with zero attached hydrogens (tertiary/aromatic N) is 3. The van der Waals surface area contributed by atoms with Crippen molar-refractivity contribution < 1.29 is 4.74 Å². The van der Waals surface area contributed by atoms with Crippen molar-refractivity contribution >= 4 is 28.7 Å². The van der Waals surface area contributed by atoms with E-state index in [0.29, 0.717) is 11.8 Å². The van der Waals surface area contributed by atoms with Crippen molar-refractivity contribution in [2.75, 3.05) is 18.1 Å². The number of hydrogen-bond donors (Lipinski definition) is 2. The van der Waals surface area contributed by atoms with Gasteiger partial charge in [-0.3, -0.25) is 5.10 Å². The van der Waals surface area contributed by atoms with Gasteiger partial charge < -0.3 is 10.5 Å². The van der Waals surface area contributed by atoms with Gasteiger partial charge in [0.25, 0.3) is 0 Å². The number of nitrogen functional groups attached to an aromatic ring is 1. The van der Waals surface area contributed by atoms with E-state index in [2.05, 4.69) is 20.2 Å². The molecule has 1 atom stereocenters. The van der Waals surface area contributed by atoms with Crippen LogP contribution in [-0.4, -0.2) is 38.6 Å². The number of anilines is 1. The number of thioether (sulfide) groups is 1. The molecule has 0 saturated carbocycles. The number of rotatable bonds is 3. The van der Waals surface area contributed by atoms with E-state index in [1.54, 1.807) is 18.0 Å². The Hall–Kier alpha value is -1.34. The summed E-state index contributed by atoms with van der Waals surface area (Å²) in [5.74, 6) is 1.17. The maximum absolute atomic E-state index is 5.65. The Labute approximate surface area is 102 Å². The van der Waals surface area contributed by atoms with Gasteiger partial charge in [-0.2, -0.15) is 10.1 Å². The number of nitrogens with two attached hydrogens (primary N) is 1. The Morgan fingerprint density at radius 2 is 2.47 bits per heavy atom. The van der Waals surface area contributed by atoms with Crippen LogP contribution in [0.3, 0.4) is 0 Å². The van der Waals surface area contributed by atoms with Crippen molar-refractivity contribution in [3.8, 4) is 0 Å². The number of ether oxygens (including phenoxy) is 1. The molecule has 3 N–H and O–H groups in total. The largest absolute Gasteiger partial charge is 0.377 e. The summed E-state index contributed by atoms with van der Waals surface area (Å²) in [5.41, 5.74) is 6.34. The fourth-order valence-corrected chi connectivity index (χ4v) is 2.95. The summed E-state index contributed by atoms with van der Waals surface area (Å²) < 4.78 is 5.58. The molecule has 1 aliphatic heterocycles. The number of nitrogens with one attached hydrogen (secondary N) is 1. The lowest BCUT2D eigenvalue weighted by molar-refractivity contribution is 0.129. The first-order valence-electron chi connectivity index (χ1n) is 5.54. The molecular formula is C10H13N5OS. The molecule has 0 bridgehead atoms. The van der Waals surface area contributed by atoms with Crippen molar-refractivity contribution in [3.05, 3.63) is 6.20 Å². The van der Waals surface area contributed by atoms with Gasteiger partial charge in [-0.1, -0.05) is 0 Å². The average Bonchev–Trinajstić information content (AvgIpc) is 2.95. The van der Waals surface area contributed by atoms with E-state index in [9.17, 15) is 0 Å². The van der Waals surface area contributed by atoms with E-state index >= 15 is 0 Å². The fourth-order valence-electron chi connectivity index (χ4n) is 1.88. The van der Waals surface area contributed by atoms with E-state index in [-0.39, 0.29) is 5.95 Å². The Morgan fingerprint density at radius 3 is 3.29 bits per heavy atom. The summed E-state index contributed by atoms with van der Waals surface area (Å²) in [6, 6.07) is 0. The molecule has 7 heteroatoms. The molecule has 0 amide bonds. The number of hydrogen-bond acceptors (Lipinski definition) is 6. The molecule has 0 aliphatic carbocycles. The smallest absolute Gasteiger partial charge is 0.223 e. The monoisotopic (exact) mass is 251 g/mol. The van der Waals surface area contributed by atoms with Gasteiger partial charge in [0.1, 0.15) is 5.03 Å². The molecular weight excluding hydrogens is 238 g/mol. The minimum atomic E-state index is 0.275. The molecule has 1 unspecified atom stereocenters. The quantitative estimate of drug-likeness (QED) is 0.629. The minimum absolute atomic E-state index is 0.275. The molecule has 6 nitrogen and oxygen atoms in total. The number of H-pyrrole nitrogens is 1. The van der Waals surface area contributed by atoms with Crippen molar-refractivity contribution in [1.29, 1.82) is 0 Å². The molecule has 3 rings (SSSR count). The molecule has 1 aliphatic rings. The topological polar surface area (TPSA) is 89.7 Å². The molecule has 90 valence electrons. The van der Waals surface area contributed by atoms with Crippen molar-refractivity contribution in [3.63, 3.8) is 0 Å². The highest BCUT2D eigenvalue weighted by molar-refractivity contribution is 7.99. The third kappa shape index (κ3) is 2.20. The summed E-state index contributed by atoms with van der Waals surface area (Å²) in [5, 5.41) is 8.55. The molecule has 0 spiro atoms. The number of aromatic amines is 1. The number of aromatic nitrogens is 4. The van der Waals surface area contributed by atoms with E-state index in [1.165, 1.54) is 0 Å². The van der Waals surface area contributed by atoms with Gasteiger partial charge >= 0.3 is 0 Å². The highest BCUT2D eigenvalue weighted by atomic mass is 32.2. The first-order valence-corrected chi connectivity index (χ1v) is 6.52. The van der Waals surface area contributed by atoms with Crippen LogP contribution >= 0.6 is 11.8 Å². The van der Waals surface area contributed by atoms with Crippen LogP contribution in [0.4, 0.5) is 5.95 Å². The van der Waals surface area contributed by atoms with Gasteiger partial charge in [0.15, 0.2) is 5.65 Å². The van der Waals surface area contributed by atoms with Gasteiger partial charge in [-0.25, -0.2) is 4.98 Å². The second-order valence-electron chi connectivity index (χ2n) is 3.97. The van der Waals surface area contributed by atoms with Crippen LogP contribution in [0, 0.1) is 0 Å². The van der Waals surface area contributed by atoms with Gasteiger partial charge in [-0.05, 0) is 12.8 Å². The summed E-state index contributed by atoms with van der Waals surface area (Å²) in [6.07, 6.45) is 4.34. The molecule has 2 aromatic rings. The van der Waals surface area contributed by atoms with Gasteiger partial charge in [0.05, 0.1) is 17.7 Å². The predicted molar refractivity (Wildman–Crippen MR) is 65.8 cm³/mol. The third-order valence-electron chi connectivity index (χ3n) is 2.72. The summed E-state index contributed by atoms with van der Waals surface area (Å²) in [4.78, 5) is 8.33. The lowest BCUT2D eigenvalue weighted by Crippen LogP contribution is -2.08. The zero-order chi connectivity index (χ0) is 11.7. The Bertz CT molecular complexity index is 522. The van der Waals surface area contributed by atoms with Crippen LogP contribution in [0.1, 0.15) is 12.8 Å². The normalized spacial score (nSPS) is 20.1. The Balaban J connectivity index is 1.81. The molecule has 1 fully saturated rings. The average molecular weight is 251 g/mol. The second-order valence-corrected chi connectivity index (χ2v) is 4.97. The van der Waals surface area contributed by atoms with Crippen LogP contribution in [0.2, 0.25) is 0 Å². The van der Waals surface area contributed by atoms with Gasteiger partial charge in [0, 0.05) is 12.4 Å². The van der Waals surface area contributed by atoms with E-state index in [4.69, 9.17) is 10.5 Å². The zero-order valence-corrected chi connectivity index (χ0v) is 10.0. The van der Waals surface area contributed by atoms with Crippen LogP contribution in [0.15, 0.2) is 11.2 Å². The molecule has 2 aromatic heterocycles. The summed E-state index contributed by atoms with van der Waals surface area (Å²) >= 11 is 1.65. The lowest BCUT2D eigenvalue weighted by atomic mass is 10.3. The zero-order valence-electron chi connectivity index (χ0n) is 9.22. The molecule has 3 heterocycles. The lowest BCUT2D eigenvalue weighted by Gasteiger charge is -2.08. The van der Waals surface area contributed by atoms with Crippen LogP contribution in [0.5, 0.6) is 0 Å². The summed E-state index contributed by atoms with van der Waals surface area (Å²) in [6.45, 7) is 0.873. The predicted octanol–water partition coefficient (Wildman–Crippen LogP) is 1.21. The maximum atomic E-state index is 5.65. The third-order valence-corrected chi connectivity index (χ3v) is 3.85. The van der Waals surface area contributed by atoms with E-state index < -0.39 is 0 Å². The minimum Gasteiger partial charge on any atom is -0.377 e. The molecule has 0 radical (unpaired) electrons. The van der Waals surface area contributed by atoms with Crippen molar-refractivity contribution in [1.82, 2.24) is 20.2 Å². The molecule has 0 aromatic carbocycles. The second kappa shape index (κ2) is 4.50. The van der Waals surface area contributed by atoms with Crippen molar-refractivity contribution in [2.45, 2.75) is 24.0 Å². The highest BCUT2D eigenvalue weighted by Gasteiger charge is 2.17. The fraction of sp³-hybridized carbons (Fsp3) is 0.500. The summed E-state index contributed by atoms with van der Waals surface area (Å²) in [7, 11) is 0. The number of fused-ring (bicyclic) bond motifs is 1. The van der Waals surface area contributed by atoms with Crippen LogP contribution in [-0.2, 0) is 4.74 Å². The SMILES string of the molecule is Nc1nc(SCC2CCCO2)c2cn[nH]c2n1. The first kappa shape index (κ1) is 10.8. The van der Waals surface area contributed by atoms with Crippen molar-refractivity contribution in [2.24, 2.45) is 0 Å². The first-order chi connectivity index (χ1) is 8.33. The highest BCUT2D eigenvalue weighted by Crippen LogP contribution is 2.27. The maximum Gasteiger partial charge on any atom is 0.223 e. The Morgan fingerprint density at radius 1 is 1.53 bits per heavy atom. The standard InChI is InChI=1S/C10H13N5OS/c11-10-13-8-7(4-12-15-8)9(14-10)17-5-6-2-1-3-16-6/h4,6H,1-3,5H2,(H3,11,12,13,14,15). The van der Waals surface area contributed by atoms with E-state index in [1.807, 2.05) is 0 Å². The van der Waals surface area contributed by atoms with Gasteiger partial charge in [-0.15, -0.1) is 11.8 Å². The molecule has 1 saturated heterocycles. The molecule has 17 heavy (non-hydrogen) atoms. The van der Waals surface area contributed by atoms with E-state index in [0.717, 1.165) is 35.6 Å². The van der Waals surface area contributed by atoms with Crippen LogP contribution < -0.4 is 5.73 Å².